The number of rotatable bonds is 14. The number of aliphatic hydroxyl groups is 2. The Labute approximate surface area is 327 Å². The number of aryl methyl sites for hydroxylation is 1. The molecule has 294 valence electrons. The molecule has 0 aliphatic carbocycles. The average molecular weight is 761 g/mol. The van der Waals surface area contributed by atoms with Gasteiger partial charge in [0.15, 0.2) is 5.60 Å². The maximum absolute atomic E-state index is 14.5. The first-order chi connectivity index (χ1) is 27.2. The van der Waals surface area contributed by atoms with E-state index in [-0.39, 0.29) is 42.7 Å². The highest BCUT2D eigenvalue weighted by molar-refractivity contribution is 6.08. The zero-order valence-corrected chi connectivity index (χ0v) is 31.9. The van der Waals surface area contributed by atoms with E-state index in [0.717, 1.165) is 49.9 Å². The third kappa shape index (κ3) is 8.61. The summed E-state index contributed by atoms with van der Waals surface area (Å²) in [6.45, 7) is 5.48. The van der Waals surface area contributed by atoms with E-state index in [9.17, 15) is 24.6 Å². The van der Waals surface area contributed by atoms with E-state index >= 15 is 0 Å². The van der Waals surface area contributed by atoms with Crippen LogP contribution < -0.4 is 26.2 Å². The number of hydrogen-bond acceptors (Lipinski definition) is 9. The Hall–Kier alpha value is -5.21. The fourth-order valence-corrected chi connectivity index (χ4v) is 8.04. The molecule has 3 aliphatic heterocycles. The molecule has 3 unspecified atom stereocenters. The molecule has 3 aromatic carbocycles. The second kappa shape index (κ2) is 17.7. The van der Waals surface area contributed by atoms with Crippen molar-refractivity contribution in [3.63, 3.8) is 0 Å². The summed E-state index contributed by atoms with van der Waals surface area (Å²) >= 11 is 0. The smallest absolute Gasteiger partial charge is 0.264 e. The molecule has 13 nitrogen and oxygen atoms in total. The Morgan fingerprint density at radius 3 is 2.30 bits per heavy atom. The minimum atomic E-state index is -1.91. The van der Waals surface area contributed by atoms with E-state index in [1.807, 2.05) is 79.9 Å². The minimum Gasteiger partial charge on any atom is -0.395 e. The standard InChI is InChI=1S/C43H52N8O5/c1-29(10-5-6-21-50-27-38(48-49-50)36(28-52)31-12-3-2-4-13-31)43(56)37-23-35(47-41(54)33-15-9-20-45-25-33)17-18-39(37)51(42(43)55)26-30-11-7-16-34(22-30)46-40(53)32-14-8-19-44-24-32/h2-5,7,10-13,16-18,22-23,27,29,32-33,36,44-45,52,56H,6,8-9,14-15,19-21,24-26,28H2,1H3,(H,46,53)(H,47,54)/b10-5+/t29-,32?,33?,36?,43+/m0/s1. The monoisotopic (exact) mass is 760 g/mol. The number of hydrogen-bond donors (Lipinski definition) is 6. The van der Waals surface area contributed by atoms with Gasteiger partial charge in [0.1, 0.15) is 0 Å². The number of fused-ring (bicyclic) bond motifs is 1. The maximum atomic E-state index is 14.5. The summed E-state index contributed by atoms with van der Waals surface area (Å²) in [6.07, 6.45) is 9.68. The van der Waals surface area contributed by atoms with Crippen LogP contribution in [0.4, 0.5) is 17.1 Å². The fourth-order valence-electron chi connectivity index (χ4n) is 8.04. The van der Waals surface area contributed by atoms with Gasteiger partial charge in [-0.15, -0.1) is 5.10 Å². The summed E-state index contributed by atoms with van der Waals surface area (Å²) in [4.78, 5) is 42.2. The molecule has 0 saturated carbocycles. The highest BCUT2D eigenvalue weighted by Crippen LogP contribution is 2.47. The molecule has 1 aromatic heterocycles. The summed E-state index contributed by atoms with van der Waals surface area (Å²) in [7, 11) is 0. The van der Waals surface area contributed by atoms with Crippen molar-refractivity contribution in [3.05, 3.63) is 114 Å². The van der Waals surface area contributed by atoms with Gasteiger partial charge >= 0.3 is 0 Å². The van der Waals surface area contributed by atoms with Crippen LogP contribution >= 0.6 is 0 Å². The molecule has 13 heteroatoms. The van der Waals surface area contributed by atoms with Crippen LogP contribution in [0, 0.1) is 17.8 Å². The van der Waals surface area contributed by atoms with Crippen LogP contribution in [0.5, 0.6) is 0 Å². The van der Waals surface area contributed by atoms with Crippen molar-refractivity contribution in [2.75, 3.05) is 48.3 Å². The van der Waals surface area contributed by atoms with Gasteiger partial charge in [-0.2, -0.15) is 0 Å². The van der Waals surface area contributed by atoms with Gasteiger partial charge in [0, 0.05) is 48.7 Å². The molecule has 0 bridgehead atoms. The molecule has 7 rings (SSSR count). The highest BCUT2D eigenvalue weighted by Gasteiger charge is 2.52. The van der Waals surface area contributed by atoms with Crippen LogP contribution in [0.1, 0.15) is 67.3 Å². The van der Waals surface area contributed by atoms with Crippen molar-refractivity contribution in [3.8, 4) is 0 Å². The number of nitrogens with one attached hydrogen (secondary N) is 4. The van der Waals surface area contributed by atoms with E-state index in [2.05, 4.69) is 31.6 Å². The minimum absolute atomic E-state index is 0.0312. The lowest BCUT2D eigenvalue weighted by molar-refractivity contribution is -0.139. The average Bonchev–Trinajstić information content (AvgIpc) is 3.78. The lowest BCUT2D eigenvalue weighted by Crippen LogP contribution is -2.44. The predicted molar refractivity (Wildman–Crippen MR) is 215 cm³/mol. The van der Waals surface area contributed by atoms with Crippen molar-refractivity contribution in [2.45, 2.75) is 63.6 Å². The molecule has 0 spiro atoms. The maximum Gasteiger partial charge on any atom is 0.264 e. The first-order valence-electron chi connectivity index (χ1n) is 19.8. The van der Waals surface area contributed by atoms with Gasteiger partial charge in [-0.3, -0.25) is 19.1 Å². The van der Waals surface area contributed by atoms with Crippen molar-refractivity contribution in [2.24, 2.45) is 17.8 Å². The SMILES string of the molecule is C[C@@H](/C=C/CCn1cc(C(CO)c2ccccc2)nn1)[C@]1(O)C(=O)N(Cc2cccc(NC(=O)C3CCCNC3)c2)c2ccc(NC(=O)C3CCCNC3)cc21. The molecule has 0 radical (unpaired) electrons. The summed E-state index contributed by atoms with van der Waals surface area (Å²) in [5.74, 6) is -1.76. The molecule has 4 aromatic rings. The summed E-state index contributed by atoms with van der Waals surface area (Å²) in [6, 6.07) is 22.4. The Morgan fingerprint density at radius 1 is 0.946 bits per heavy atom. The quantitative estimate of drug-likeness (QED) is 0.103. The lowest BCUT2D eigenvalue weighted by Gasteiger charge is -2.28. The molecule has 56 heavy (non-hydrogen) atoms. The molecular formula is C43H52N8O5. The Morgan fingerprint density at radius 2 is 1.64 bits per heavy atom. The van der Waals surface area contributed by atoms with E-state index in [4.69, 9.17) is 0 Å². The van der Waals surface area contributed by atoms with Crippen molar-refractivity contribution < 1.29 is 24.6 Å². The third-order valence-corrected chi connectivity index (χ3v) is 11.3. The number of nitrogens with zero attached hydrogens (tertiary/aromatic N) is 4. The molecule has 2 fully saturated rings. The largest absolute Gasteiger partial charge is 0.395 e. The second-order valence-electron chi connectivity index (χ2n) is 15.2. The van der Waals surface area contributed by atoms with E-state index in [1.54, 1.807) is 27.8 Å². The number of allylic oxidation sites excluding steroid dienone is 1. The van der Waals surface area contributed by atoms with Crippen molar-refractivity contribution in [1.82, 2.24) is 25.6 Å². The Balaban J connectivity index is 1.09. The lowest BCUT2D eigenvalue weighted by atomic mass is 9.82. The van der Waals surface area contributed by atoms with E-state index in [0.29, 0.717) is 54.4 Å². The fraction of sp³-hybridized carbons (Fsp3) is 0.419. The number of anilines is 3. The molecule has 2 saturated heterocycles. The zero-order valence-electron chi connectivity index (χ0n) is 31.9. The first-order valence-corrected chi connectivity index (χ1v) is 19.8. The number of benzene rings is 3. The van der Waals surface area contributed by atoms with Crippen LogP contribution in [0.2, 0.25) is 0 Å². The summed E-state index contributed by atoms with van der Waals surface area (Å²) in [5, 5.41) is 43.8. The molecule has 6 N–H and O–H groups in total. The van der Waals surface area contributed by atoms with Gasteiger partial charge in [-0.25, -0.2) is 0 Å². The summed E-state index contributed by atoms with van der Waals surface area (Å²) in [5.41, 5.74) is 2.67. The normalized spacial score (nSPS) is 22.1. The second-order valence-corrected chi connectivity index (χ2v) is 15.2. The predicted octanol–water partition coefficient (Wildman–Crippen LogP) is 4.30. The highest BCUT2D eigenvalue weighted by atomic mass is 16.3. The van der Waals surface area contributed by atoms with Crippen LogP contribution in [-0.4, -0.2) is 75.7 Å². The number of carbonyl (C=O) groups excluding carboxylic acids is 3. The number of piperidine rings is 2. The van der Waals surface area contributed by atoms with Crippen LogP contribution in [0.15, 0.2) is 91.1 Å². The number of aliphatic hydroxyl groups excluding tert-OH is 1. The Bertz CT molecular complexity index is 2020. The van der Waals surface area contributed by atoms with E-state index in [1.165, 1.54) is 0 Å². The molecule has 3 aliphatic rings. The van der Waals surface area contributed by atoms with Crippen LogP contribution in [-0.2, 0) is 33.1 Å². The Kier molecular flexibility index (Phi) is 12.4. The van der Waals surface area contributed by atoms with Gasteiger partial charge in [0.2, 0.25) is 11.8 Å². The van der Waals surface area contributed by atoms with Gasteiger partial charge < -0.3 is 36.4 Å². The molecule has 5 atom stereocenters. The van der Waals surface area contributed by atoms with Crippen LogP contribution in [0.3, 0.4) is 0 Å². The number of carbonyl (C=O) groups is 3. The topological polar surface area (TPSA) is 174 Å². The summed E-state index contributed by atoms with van der Waals surface area (Å²) < 4.78 is 1.72. The van der Waals surface area contributed by atoms with Crippen LogP contribution in [0.25, 0.3) is 0 Å². The van der Waals surface area contributed by atoms with Gasteiger partial charge in [0.05, 0.1) is 42.3 Å². The molecule has 4 heterocycles. The van der Waals surface area contributed by atoms with E-state index < -0.39 is 17.4 Å². The number of aromatic nitrogens is 3. The first kappa shape index (κ1) is 39.0. The molecular weight excluding hydrogens is 709 g/mol. The zero-order chi connectivity index (χ0) is 39.1. The van der Waals surface area contributed by atoms with Crippen molar-refractivity contribution in [1.29, 1.82) is 0 Å². The van der Waals surface area contributed by atoms with Gasteiger partial charge in [0.25, 0.3) is 5.91 Å². The third-order valence-electron chi connectivity index (χ3n) is 11.3. The van der Waals surface area contributed by atoms with Gasteiger partial charge in [-0.1, -0.05) is 66.8 Å². The molecule has 3 amide bonds. The number of amides is 3. The van der Waals surface area contributed by atoms with Crippen molar-refractivity contribution >= 4 is 34.8 Å². The van der Waals surface area contributed by atoms with Gasteiger partial charge in [-0.05, 0) is 86.7 Å².